The van der Waals surface area contributed by atoms with Crippen LogP contribution in [0.15, 0.2) is 12.1 Å². The fraction of sp³-hybridized carbons (Fsp3) is 0.600. The van der Waals surface area contributed by atoms with Crippen molar-refractivity contribution in [3.8, 4) is 17.2 Å². The molecule has 1 rings (SSSR count). The molecule has 0 fully saturated rings. The van der Waals surface area contributed by atoms with Gasteiger partial charge in [-0.25, -0.2) is 0 Å². The van der Waals surface area contributed by atoms with E-state index in [1.165, 1.54) is 0 Å². The molecule has 0 saturated carbocycles. The third-order valence-corrected chi connectivity index (χ3v) is 2.68. The maximum absolute atomic E-state index is 5.77. The molecule has 0 unspecified atom stereocenters. The largest absolute Gasteiger partial charge is 0.490 e. The van der Waals surface area contributed by atoms with Crippen molar-refractivity contribution in [2.45, 2.75) is 27.2 Å². The van der Waals surface area contributed by atoms with Crippen LogP contribution in [0, 0.1) is 0 Å². The second-order valence-corrected chi connectivity index (χ2v) is 4.03. The molecular formula is C15H25NO3. The molecule has 1 aromatic rings. The van der Waals surface area contributed by atoms with Crippen molar-refractivity contribution in [2.75, 3.05) is 33.4 Å². The molecular weight excluding hydrogens is 242 g/mol. The molecule has 0 saturated heterocycles. The average molecular weight is 267 g/mol. The van der Waals surface area contributed by atoms with Gasteiger partial charge < -0.3 is 19.5 Å². The zero-order valence-corrected chi connectivity index (χ0v) is 12.4. The van der Waals surface area contributed by atoms with Gasteiger partial charge in [-0.2, -0.15) is 0 Å². The summed E-state index contributed by atoms with van der Waals surface area (Å²) in [5.74, 6) is 2.28. The first-order valence-corrected chi connectivity index (χ1v) is 6.97. The van der Waals surface area contributed by atoms with E-state index in [-0.39, 0.29) is 0 Å². The molecule has 0 aromatic heterocycles. The van der Waals surface area contributed by atoms with Gasteiger partial charge in [-0.05, 0) is 52.4 Å². The van der Waals surface area contributed by atoms with E-state index in [9.17, 15) is 0 Å². The molecule has 19 heavy (non-hydrogen) atoms. The Morgan fingerprint density at radius 3 is 2.11 bits per heavy atom. The van der Waals surface area contributed by atoms with E-state index in [2.05, 4.69) is 11.4 Å². The summed E-state index contributed by atoms with van der Waals surface area (Å²) in [4.78, 5) is 0. The van der Waals surface area contributed by atoms with E-state index < -0.39 is 0 Å². The summed E-state index contributed by atoms with van der Waals surface area (Å²) in [5, 5.41) is 3.15. The third kappa shape index (κ3) is 4.31. The Hall–Kier alpha value is -1.42. The summed E-state index contributed by atoms with van der Waals surface area (Å²) in [6.45, 7) is 8.63. The van der Waals surface area contributed by atoms with Crippen LogP contribution in [-0.2, 0) is 6.42 Å². The molecule has 1 aromatic carbocycles. The van der Waals surface area contributed by atoms with Crippen molar-refractivity contribution < 1.29 is 14.2 Å². The van der Waals surface area contributed by atoms with Gasteiger partial charge in [0, 0.05) is 0 Å². The smallest absolute Gasteiger partial charge is 0.203 e. The van der Waals surface area contributed by atoms with Crippen LogP contribution in [0.1, 0.15) is 26.3 Å². The van der Waals surface area contributed by atoms with Gasteiger partial charge in [0.05, 0.1) is 19.8 Å². The Morgan fingerprint density at radius 2 is 1.53 bits per heavy atom. The Balaban J connectivity index is 3.14. The maximum Gasteiger partial charge on any atom is 0.203 e. The van der Waals surface area contributed by atoms with Gasteiger partial charge in [-0.3, -0.25) is 0 Å². The molecule has 0 aliphatic carbocycles. The van der Waals surface area contributed by atoms with Gasteiger partial charge >= 0.3 is 0 Å². The first kappa shape index (κ1) is 15.6. The van der Waals surface area contributed by atoms with Crippen LogP contribution < -0.4 is 19.5 Å². The number of hydrogen-bond acceptors (Lipinski definition) is 4. The lowest BCUT2D eigenvalue weighted by Crippen LogP contribution is -2.12. The minimum absolute atomic E-state index is 0.593. The van der Waals surface area contributed by atoms with Crippen LogP contribution in [-0.4, -0.2) is 33.4 Å². The van der Waals surface area contributed by atoms with Gasteiger partial charge in [-0.15, -0.1) is 0 Å². The lowest BCUT2D eigenvalue weighted by Gasteiger charge is -2.18. The zero-order valence-electron chi connectivity index (χ0n) is 12.4. The highest BCUT2D eigenvalue weighted by Crippen LogP contribution is 2.40. The molecule has 0 amide bonds. The van der Waals surface area contributed by atoms with Gasteiger partial charge in [0.25, 0.3) is 0 Å². The number of likely N-dealkylation sites (N-methyl/N-ethyl adjacent to an activating group) is 1. The topological polar surface area (TPSA) is 39.7 Å². The lowest BCUT2D eigenvalue weighted by molar-refractivity contribution is 0.259. The molecule has 0 aliphatic heterocycles. The van der Waals surface area contributed by atoms with Crippen molar-refractivity contribution in [3.63, 3.8) is 0 Å². The second-order valence-electron chi connectivity index (χ2n) is 4.03. The fourth-order valence-electron chi connectivity index (χ4n) is 1.89. The number of ether oxygens (including phenoxy) is 3. The summed E-state index contributed by atoms with van der Waals surface area (Å²) in [5.41, 5.74) is 1.14. The van der Waals surface area contributed by atoms with Gasteiger partial charge in [0.1, 0.15) is 0 Å². The molecule has 108 valence electrons. The number of nitrogens with one attached hydrogen (secondary N) is 1. The molecule has 0 aliphatic rings. The van der Waals surface area contributed by atoms with Crippen molar-refractivity contribution in [1.82, 2.24) is 5.32 Å². The summed E-state index contributed by atoms with van der Waals surface area (Å²) in [7, 11) is 1.94. The molecule has 0 spiro atoms. The lowest BCUT2D eigenvalue weighted by atomic mass is 10.1. The van der Waals surface area contributed by atoms with Gasteiger partial charge in [0.15, 0.2) is 11.5 Å². The first-order chi connectivity index (χ1) is 9.28. The molecule has 0 atom stereocenters. The van der Waals surface area contributed by atoms with Gasteiger partial charge in [0.2, 0.25) is 5.75 Å². The summed E-state index contributed by atoms with van der Waals surface area (Å²) in [6.07, 6.45) is 0.901. The van der Waals surface area contributed by atoms with E-state index in [4.69, 9.17) is 14.2 Å². The average Bonchev–Trinajstić information content (AvgIpc) is 2.42. The molecule has 1 N–H and O–H groups in total. The predicted octanol–water partition coefficient (Wildman–Crippen LogP) is 2.64. The van der Waals surface area contributed by atoms with Crippen LogP contribution in [0.4, 0.5) is 0 Å². The van der Waals surface area contributed by atoms with Gasteiger partial charge in [-0.1, -0.05) is 6.07 Å². The Bertz CT molecular complexity index is 380. The van der Waals surface area contributed by atoms with E-state index in [1.807, 2.05) is 33.9 Å². The monoisotopic (exact) mass is 267 g/mol. The Labute approximate surface area is 116 Å². The standard InChI is InChI=1S/C15H25NO3/c1-5-17-13-9-8-12(10-11-16-4)14(18-6-2)15(13)19-7-3/h8-9,16H,5-7,10-11H2,1-4H3. The van der Waals surface area contributed by atoms with Crippen LogP contribution in [0.3, 0.4) is 0 Å². The molecule has 4 heteroatoms. The maximum atomic E-state index is 5.77. The van der Waals surface area contributed by atoms with E-state index in [0.29, 0.717) is 19.8 Å². The minimum atomic E-state index is 0.593. The van der Waals surface area contributed by atoms with Crippen molar-refractivity contribution in [3.05, 3.63) is 17.7 Å². The molecule has 0 bridgehead atoms. The van der Waals surface area contributed by atoms with E-state index in [0.717, 1.165) is 35.8 Å². The van der Waals surface area contributed by atoms with Crippen LogP contribution in [0.2, 0.25) is 0 Å². The minimum Gasteiger partial charge on any atom is -0.490 e. The van der Waals surface area contributed by atoms with Crippen LogP contribution >= 0.6 is 0 Å². The predicted molar refractivity (Wildman–Crippen MR) is 77.6 cm³/mol. The Morgan fingerprint density at radius 1 is 0.895 bits per heavy atom. The highest BCUT2D eigenvalue weighted by molar-refractivity contribution is 5.56. The summed E-state index contributed by atoms with van der Waals surface area (Å²) < 4.78 is 17.1. The zero-order chi connectivity index (χ0) is 14.1. The number of benzene rings is 1. The van der Waals surface area contributed by atoms with Crippen molar-refractivity contribution in [1.29, 1.82) is 0 Å². The van der Waals surface area contributed by atoms with Crippen molar-refractivity contribution in [2.24, 2.45) is 0 Å². The number of rotatable bonds is 9. The summed E-state index contributed by atoms with van der Waals surface area (Å²) >= 11 is 0. The third-order valence-electron chi connectivity index (χ3n) is 2.68. The molecule has 4 nitrogen and oxygen atoms in total. The second kappa shape index (κ2) is 8.64. The highest BCUT2D eigenvalue weighted by Gasteiger charge is 2.16. The molecule has 0 heterocycles. The first-order valence-electron chi connectivity index (χ1n) is 6.97. The molecule has 0 radical (unpaired) electrons. The van der Waals surface area contributed by atoms with Crippen LogP contribution in [0.25, 0.3) is 0 Å². The fourth-order valence-corrected chi connectivity index (χ4v) is 1.89. The van der Waals surface area contributed by atoms with Crippen molar-refractivity contribution >= 4 is 0 Å². The normalized spacial score (nSPS) is 10.3. The summed E-state index contributed by atoms with van der Waals surface area (Å²) in [6, 6.07) is 4.01. The number of hydrogen-bond donors (Lipinski definition) is 1. The van der Waals surface area contributed by atoms with E-state index >= 15 is 0 Å². The van der Waals surface area contributed by atoms with Crippen LogP contribution in [0.5, 0.6) is 17.2 Å². The highest BCUT2D eigenvalue weighted by atomic mass is 16.5. The quantitative estimate of drug-likeness (QED) is 0.746. The Kier molecular flexibility index (Phi) is 7.11. The van der Waals surface area contributed by atoms with E-state index in [1.54, 1.807) is 0 Å². The SMILES string of the molecule is CCOc1ccc(CCNC)c(OCC)c1OCC.